The average Bonchev–Trinajstić information content (AvgIpc) is 2.86. The Morgan fingerprint density at radius 2 is 2.00 bits per heavy atom. The first kappa shape index (κ1) is 17.0. The lowest BCUT2D eigenvalue weighted by Crippen LogP contribution is -2.37. The summed E-state index contributed by atoms with van der Waals surface area (Å²) in [7, 11) is 0. The van der Waals surface area contributed by atoms with E-state index in [1.54, 1.807) is 5.57 Å². The van der Waals surface area contributed by atoms with Gasteiger partial charge in [0.15, 0.2) is 0 Å². The van der Waals surface area contributed by atoms with Gasteiger partial charge in [-0.05, 0) is 81.1 Å². The van der Waals surface area contributed by atoms with Crippen molar-refractivity contribution in [2.24, 2.45) is 17.3 Å². The van der Waals surface area contributed by atoms with Gasteiger partial charge in [-0.1, -0.05) is 36.8 Å². The lowest BCUT2D eigenvalue weighted by Gasteiger charge is -2.43. The van der Waals surface area contributed by atoms with Gasteiger partial charge >= 0.3 is 0 Å². The largest absolute Gasteiger partial charge is 0.393 e. The molecule has 0 amide bonds. The molecular weight excluding hydrogens is 284 g/mol. The van der Waals surface area contributed by atoms with Crippen LogP contribution in [0.3, 0.4) is 0 Å². The molecule has 0 saturated heterocycles. The van der Waals surface area contributed by atoms with Crippen LogP contribution in [-0.2, 0) is 0 Å². The van der Waals surface area contributed by atoms with E-state index in [4.69, 9.17) is 0 Å². The zero-order valence-corrected chi connectivity index (χ0v) is 14.7. The Bertz CT molecular complexity index is 528. The van der Waals surface area contributed by atoms with E-state index in [9.17, 15) is 10.2 Å². The Balaban J connectivity index is 1.81. The molecule has 0 aromatic carbocycles. The Morgan fingerprint density at radius 3 is 2.74 bits per heavy atom. The summed E-state index contributed by atoms with van der Waals surface area (Å²) in [4.78, 5) is 0. The van der Waals surface area contributed by atoms with Gasteiger partial charge in [0, 0.05) is 0 Å². The summed E-state index contributed by atoms with van der Waals surface area (Å²) < 4.78 is 0. The molecule has 5 atom stereocenters. The fourth-order valence-corrected chi connectivity index (χ4v) is 5.47. The van der Waals surface area contributed by atoms with Crippen LogP contribution in [0.2, 0.25) is 0 Å². The molecule has 23 heavy (non-hydrogen) atoms. The summed E-state index contributed by atoms with van der Waals surface area (Å²) in [5, 5.41) is 20.1. The topological polar surface area (TPSA) is 40.5 Å². The van der Waals surface area contributed by atoms with Crippen molar-refractivity contribution in [3.8, 4) is 0 Å². The number of aliphatic hydroxyl groups is 2. The van der Waals surface area contributed by atoms with Crippen LogP contribution >= 0.6 is 0 Å². The van der Waals surface area contributed by atoms with Crippen molar-refractivity contribution in [3.63, 3.8) is 0 Å². The smallest absolute Gasteiger partial charge is 0.0583 e. The second-order valence-electron chi connectivity index (χ2n) is 8.27. The highest BCUT2D eigenvalue weighted by atomic mass is 16.3. The van der Waals surface area contributed by atoms with Crippen LogP contribution in [0.15, 0.2) is 35.5 Å². The number of hydrogen-bond acceptors (Lipinski definition) is 2. The SMILES string of the molecule is C=C1CC[C@H](O)C/C1=C/C=C1\CCC[C@]2(C)C([C@H](C)O)CC[C@@H]12. The molecule has 0 aliphatic heterocycles. The molecule has 3 rings (SSSR count). The first-order chi connectivity index (χ1) is 10.9. The summed E-state index contributed by atoms with van der Waals surface area (Å²) in [5.41, 5.74) is 4.25. The summed E-state index contributed by atoms with van der Waals surface area (Å²) >= 11 is 0. The molecule has 3 aliphatic rings. The van der Waals surface area contributed by atoms with E-state index in [-0.39, 0.29) is 17.6 Å². The number of allylic oxidation sites excluding steroid dienone is 4. The van der Waals surface area contributed by atoms with Gasteiger partial charge in [0.1, 0.15) is 0 Å². The molecular formula is C21H32O2. The molecule has 128 valence electrons. The molecule has 2 nitrogen and oxygen atoms in total. The second kappa shape index (κ2) is 6.57. The molecule has 3 saturated carbocycles. The Labute approximate surface area is 141 Å². The van der Waals surface area contributed by atoms with E-state index in [1.165, 1.54) is 36.8 Å². The first-order valence-corrected chi connectivity index (χ1v) is 9.35. The number of fused-ring (bicyclic) bond motifs is 1. The van der Waals surface area contributed by atoms with Gasteiger partial charge in [-0.3, -0.25) is 0 Å². The highest BCUT2D eigenvalue weighted by Crippen LogP contribution is 2.58. The zero-order valence-electron chi connectivity index (χ0n) is 14.7. The highest BCUT2D eigenvalue weighted by molar-refractivity contribution is 5.36. The van der Waals surface area contributed by atoms with Crippen molar-refractivity contribution in [1.82, 2.24) is 0 Å². The Kier molecular flexibility index (Phi) is 4.85. The van der Waals surface area contributed by atoms with Gasteiger partial charge in [-0.2, -0.15) is 0 Å². The maximum atomic E-state index is 10.2. The maximum Gasteiger partial charge on any atom is 0.0583 e. The summed E-state index contributed by atoms with van der Waals surface area (Å²) in [6, 6.07) is 0. The normalized spacial score (nSPS) is 43.0. The molecule has 2 N–H and O–H groups in total. The minimum atomic E-state index is -0.201. The highest BCUT2D eigenvalue weighted by Gasteiger charge is 2.50. The molecule has 0 bridgehead atoms. The second-order valence-corrected chi connectivity index (χ2v) is 8.27. The van der Waals surface area contributed by atoms with Crippen molar-refractivity contribution < 1.29 is 10.2 Å². The zero-order chi connectivity index (χ0) is 16.6. The van der Waals surface area contributed by atoms with E-state index in [1.807, 2.05) is 6.92 Å². The summed E-state index contributed by atoms with van der Waals surface area (Å²) in [6.07, 6.45) is 12.7. The van der Waals surface area contributed by atoms with E-state index in [0.29, 0.717) is 11.8 Å². The third-order valence-corrected chi connectivity index (χ3v) is 6.81. The van der Waals surface area contributed by atoms with Crippen molar-refractivity contribution >= 4 is 0 Å². The summed E-state index contributed by atoms with van der Waals surface area (Å²) in [5.74, 6) is 1.06. The van der Waals surface area contributed by atoms with Gasteiger partial charge in [-0.15, -0.1) is 0 Å². The van der Waals surface area contributed by atoms with E-state index >= 15 is 0 Å². The number of aliphatic hydroxyl groups excluding tert-OH is 2. The predicted octanol–water partition coefficient (Wildman–Crippen LogP) is 4.54. The third kappa shape index (κ3) is 3.21. The van der Waals surface area contributed by atoms with Crippen LogP contribution in [0, 0.1) is 17.3 Å². The molecule has 0 heterocycles. The number of rotatable bonds is 2. The van der Waals surface area contributed by atoms with Gasteiger partial charge in [0.25, 0.3) is 0 Å². The van der Waals surface area contributed by atoms with Crippen LogP contribution in [-0.4, -0.2) is 22.4 Å². The number of hydrogen-bond donors (Lipinski definition) is 2. The average molecular weight is 316 g/mol. The van der Waals surface area contributed by atoms with Gasteiger partial charge in [0.2, 0.25) is 0 Å². The fourth-order valence-electron chi connectivity index (χ4n) is 5.47. The third-order valence-electron chi connectivity index (χ3n) is 6.81. The molecule has 3 aliphatic carbocycles. The van der Waals surface area contributed by atoms with Crippen molar-refractivity contribution in [2.45, 2.75) is 77.4 Å². The standard InChI is InChI=1S/C21H32O2/c1-14-6-9-18(23)13-17(14)8-7-16-5-4-12-21(3)19(15(2)22)10-11-20(16)21/h7-8,15,18-20,22-23H,1,4-6,9-13H2,2-3H3/b16-7+,17-8-/t15-,18-,19?,20-,21+/m0/s1. The Hall–Kier alpha value is -0.860. The fraction of sp³-hybridized carbons (Fsp3) is 0.714. The van der Waals surface area contributed by atoms with Crippen molar-refractivity contribution in [3.05, 3.63) is 35.5 Å². The predicted molar refractivity (Wildman–Crippen MR) is 95.0 cm³/mol. The van der Waals surface area contributed by atoms with Gasteiger partial charge < -0.3 is 10.2 Å². The molecule has 2 heteroatoms. The van der Waals surface area contributed by atoms with E-state index < -0.39 is 0 Å². The van der Waals surface area contributed by atoms with Crippen molar-refractivity contribution in [2.75, 3.05) is 0 Å². The van der Waals surface area contributed by atoms with Crippen LogP contribution in [0.1, 0.15) is 65.2 Å². The van der Waals surface area contributed by atoms with Gasteiger partial charge in [-0.25, -0.2) is 0 Å². The first-order valence-electron chi connectivity index (χ1n) is 9.35. The van der Waals surface area contributed by atoms with Crippen LogP contribution in [0.25, 0.3) is 0 Å². The monoisotopic (exact) mass is 316 g/mol. The van der Waals surface area contributed by atoms with Gasteiger partial charge in [0.05, 0.1) is 12.2 Å². The van der Waals surface area contributed by atoms with Crippen LogP contribution in [0.4, 0.5) is 0 Å². The molecule has 0 aromatic heterocycles. The van der Waals surface area contributed by atoms with Crippen LogP contribution < -0.4 is 0 Å². The lowest BCUT2D eigenvalue weighted by atomic mass is 9.62. The molecule has 1 unspecified atom stereocenters. The molecule has 0 radical (unpaired) electrons. The quantitative estimate of drug-likeness (QED) is 0.785. The minimum Gasteiger partial charge on any atom is -0.393 e. The molecule has 0 aromatic rings. The Morgan fingerprint density at radius 1 is 1.22 bits per heavy atom. The lowest BCUT2D eigenvalue weighted by molar-refractivity contribution is 0.0302. The van der Waals surface area contributed by atoms with Crippen molar-refractivity contribution in [1.29, 1.82) is 0 Å². The van der Waals surface area contributed by atoms with E-state index in [2.05, 4.69) is 25.7 Å². The van der Waals surface area contributed by atoms with E-state index in [0.717, 1.165) is 25.7 Å². The van der Waals surface area contributed by atoms with Crippen LogP contribution in [0.5, 0.6) is 0 Å². The minimum absolute atomic E-state index is 0.198. The maximum absolute atomic E-state index is 10.2. The summed E-state index contributed by atoms with van der Waals surface area (Å²) in [6.45, 7) is 8.53. The molecule has 3 fully saturated rings. The molecule has 0 spiro atoms.